The zero-order valence-electron chi connectivity index (χ0n) is 44.8. The first-order valence-corrected chi connectivity index (χ1v) is 26.2. The molecule has 3 heterocycles. The minimum absolute atomic E-state index is 0.000205. The smallest absolute Gasteiger partial charge is 0.329 e. The number of piperidine rings is 1. The number of allylic oxidation sites excluding steroid dienone is 6. The van der Waals surface area contributed by atoms with E-state index in [-0.39, 0.29) is 61.4 Å². The van der Waals surface area contributed by atoms with Crippen LogP contribution in [0.15, 0.2) is 47.6 Å². The number of fused-ring (bicyclic) bond motifs is 3. The summed E-state index contributed by atoms with van der Waals surface area (Å²) in [6.07, 6.45) is 10.5. The highest BCUT2D eigenvalue weighted by atomic mass is 16.6. The monoisotopic (exact) mass is 1010 g/mol. The van der Waals surface area contributed by atoms with Gasteiger partial charge in [0.15, 0.2) is 5.78 Å². The van der Waals surface area contributed by atoms with Gasteiger partial charge in [-0.3, -0.25) is 24.0 Å². The summed E-state index contributed by atoms with van der Waals surface area (Å²) in [5.74, 6) is -8.99. The Kier molecular flexibility index (Phi) is 23.9. The lowest BCUT2D eigenvalue weighted by Crippen LogP contribution is -2.61. The first kappa shape index (κ1) is 60.4. The predicted molar refractivity (Wildman–Crippen MR) is 269 cm³/mol. The second kappa shape index (κ2) is 28.5. The van der Waals surface area contributed by atoms with Crippen LogP contribution in [-0.4, -0.2) is 139 Å². The third-order valence-corrected chi connectivity index (χ3v) is 15.4. The average molecular weight is 1010 g/mol. The molecule has 4 aliphatic rings. The molecule has 72 heavy (non-hydrogen) atoms. The molecule has 0 unspecified atom stereocenters. The predicted octanol–water partition coefficient (Wildman–Crippen LogP) is 7.10. The number of cyclic esters (lactones) is 1. The molecule has 16 nitrogen and oxygen atoms in total. The quantitative estimate of drug-likeness (QED) is 0.127. The lowest BCUT2D eigenvalue weighted by molar-refractivity contribution is -0.265. The Morgan fingerprint density at radius 2 is 1.57 bits per heavy atom. The molecule has 1 amide bonds. The second-order valence-electron chi connectivity index (χ2n) is 21.3. The van der Waals surface area contributed by atoms with Crippen molar-refractivity contribution in [3.63, 3.8) is 0 Å². The fourth-order valence-electron chi connectivity index (χ4n) is 10.7. The molecule has 2 bridgehead atoms. The van der Waals surface area contributed by atoms with E-state index in [0.717, 1.165) is 5.57 Å². The van der Waals surface area contributed by atoms with E-state index in [4.69, 9.17) is 28.4 Å². The van der Waals surface area contributed by atoms with E-state index < -0.39 is 102 Å². The van der Waals surface area contributed by atoms with Crippen molar-refractivity contribution in [2.45, 2.75) is 200 Å². The van der Waals surface area contributed by atoms with Crippen LogP contribution in [0, 0.1) is 35.5 Å². The van der Waals surface area contributed by atoms with Crippen molar-refractivity contribution in [1.29, 1.82) is 0 Å². The lowest BCUT2D eigenvalue weighted by Gasteiger charge is -2.42. The van der Waals surface area contributed by atoms with Crippen LogP contribution in [0.1, 0.15) is 145 Å². The van der Waals surface area contributed by atoms with E-state index >= 15 is 0 Å². The molecule has 1 saturated carbocycles. The number of amides is 1. The fourth-order valence-corrected chi connectivity index (χ4v) is 10.7. The van der Waals surface area contributed by atoms with Gasteiger partial charge < -0.3 is 48.3 Å². The number of hydrogen-bond donors (Lipinski definition) is 2. The summed E-state index contributed by atoms with van der Waals surface area (Å²) in [4.78, 5) is 96.4. The van der Waals surface area contributed by atoms with Crippen LogP contribution in [-0.2, 0) is 62.0 Å². The Morgan fingerprint density at radius 3 is 2.24 bits per heavy atom. The molecular formula is C56H85NO15. The van der Waals surface area contributed by atoms with Crippen LogP contribution in [0.25, 0.3) is 0 Å². The van der Waals surface area contributed by atoms with E-state index in [0.29, 0.717) is 69.8 Å². The fraction of sp³-hybridized carbons (Fsp3) is 0.732. The van der Waals surface area contributed by atoms with Gasteiger partial charge in [0.1, 0.15) is 42.0 Å². The van der Waals surface area contributed by atoms with Crippen LogP contribution in [0.4, 0.5) is 0 Å². The Morgan fingerprint density at radius 1 is 0.847 bits per heavy atom. The normalized spacial score (nSPS) is 37.5. The van der Waals surface area contributed by atoms with Crippen molar-refractivity contribution in [2.24, 2.45) is 35.5 Å². The molecule has 3 fully saturated rings. The molecule has 404 valence electrons. The summed E-state index contributed by atoms with van der Waals surface area (Å²) in [6.45, 7) is 14.0. The molecule has 1 aliphatic carbocycles. The summed E-state index contributed by atoms with van der Waals surface area (Å²) < 4.78 is 35.4. The van der Waals surface area contributed by atoms with Crippen molar-refractivity contribution in [3.8, 4) is 0 Å². The molecular weight excluding hydrogens is 927 g/mol. The number of nitrogens with zero attached hydrogens (tertiary/aromatic N) is 1. The van der Waals surface area contributed by atoms with Gasteiger partial charge in [0, 0.05) is 64.9 Å². The number of ether oxygens (including phenoxy) is 6. The summed E-state index contributed by atoms with van der Waals surface area (Å²) in [7, 11) is 4.48. The van der Waals surface area contributed by atoms with Gasteiger partial charge in [0.25, 0.3) is 11.7 Å². The van der Waals surface area contributed by atoms with Crippen molar-refractivity contribution in [3.05, 3.63) is 47.6 Å². The van der Waals surface area contributed by atoms with E-state index in [2.05, 4.69) is 0 Å². The Bertz CT molecular complexity index is 2010. The van der Waals surface area contributed by atoms with Crippen LogP contribution >= 0.6 is 0 Å². The Balaban J connectivity index is 1.68. The zero-order chi connectivity index (χ0) is 53.4. The number of Topliss-reactive ketones (excluding diaryl/α,β-unsaturated/α-hetero) is 4. The van der Waals surface area contributed by atoms with Gasteiger partial charge in [-0.25, -0.2) is 4.79 Å². The van der Waals surface area contributed by atoms with Crippen LogP contribution in [0.5, 0.6) is 0 Å². The topological polar surface area (TPSA) is 219 Å². The van der Waals surface area contributed by atoms with Crippen molar-refractivity contribution < 1.29 is 72.2 Å². The van der Waals surface area contributed by atoms with Crippen molar-refractivity contribution in [1.82, 2.24) is 4.90 Å². The van der Waals surface area contributed by atoms with Gasteiger partial charge in [-0.15, -0.1) is 0 Å². The van der Waals surface area contributed by atoms with Gasteiger partial charge in [0.2, 0.25) is 5.79 Å². The first-order valence-electron chi connectivity index (χ1n) is 26.2. The maximum atomic E-state index is 14.5. The third kappa shape index (κ3) is 16.7. The van der Waals surface area contributed by atoms with Crippen molar-refractivity contribution >= 4 is 41.0 Å². The molecule has 0 radical (unpaired) electrons. The number of aliphatic hydroxyl groups is 2. The van der Waals surface area contributed by atoms with Gasteiger partial charge in [-0.05, 0) is 114 Å². The van der Waals surface area contributed by atoms with Gasteiger partial charge >= 0.3 is 11.9 Å². The number of carbonyl (C=O) groups excluding carboxylic acids is 7. The van der Waals surface area contributed by atoms with E-state index in [1.807, 2.05) is 51.2 Å². The number of ketones is 4. The number of rotatable bonds is 10. The highest BCUT2D eigenvalue weighted by Gasteiger charge is 2.53. The Labute approximate surface area is 427 Å². The third-order valence-electron chi connectivity index (χ3n) is 15.4. The number of aliphatic hydroxyl groups excluding tert-OH is 1. The maximum absolute atomic E-state index is 14.5. The molecule has 0 aromatic heterocycles. The molecule has 15 atom stereocenters. The van der Waals surface area contributed by atoms with Gasteiger partial charge in [-0.2, -0.15) is 0 Å². The molecule has 4 rings (SSSR count). The Hall–Kier alpha value is -4.19. The maximum Gasteiger partial charge on any atom is 0.329 e. The molecule has 2 saturated heterocycles. The van der Waals surface area contributed by atoms with E-state index in [1.165, 1.54) is 18.9 Å². The van der Waals surface area contributed by atoms with Crippen molar-refractivity contribution in [2.75, 3.05) is 27.9 Å². The standard InChI is InChI=1S/C56H85NO15/c1-33-17-13-12-14-18-34(2)46(67-9)31-42-23-20-39(7)56(66,72-42)53(63)54(64)57-26-16-15-19-43(57)55(65)71-47(32-44(59)35(3)28-38(6)51(62)52(69-11)50(61)37(5)27-33)36(4)29-41-22-24-45(48(30-41)68-10)70-49(60)25-21-40(8)58/h12-14,17-18,28,33,35-37,39,41-43,45-48,51-52,62,66H,15-16,19-27,29-32H2,1-11H3/b14-12+,17-13+,34-18+,38-28+/t33-,35-,36-,37-,39-,41+,42+,43+,45-,46+,47+,48-,51-,52+,56-/m1/s1. The number of hydrogen-bond acceptors (Lipinski definition) is 15. The van der Waals surface area contributed by atoms with Gasteiger partial charge in [0.05, 0.1) is 24.7 Å². The highest BCUT2D eigenvalue weighted by Crippen LogP contribution is 2.38. The van der Waals surface area contributed by atoms with Crippen LogP contribution < -0.4 is 0 Å². The molecule has 3 aliphatic heterocycles. The molecule has 0 aromatic rings. The summed E-state index contributed by atoms with van der Waals surface area (Å²) in [5, 5.41) is 23.5. The number of carbonyl (C=O) groups is 7. The molecule has 16 heteroatoms. The lowest BCUT2D eigenvalue weighted by atomic mass is 9.78. The SMILES string of the molecule is CO[C@H]1C[C@@H]2CC[C@@H](C)[C@@](O)(O2)C(=O)C(=O)N2CCCC[C@H]2C(=O)O[C@H]([C@H](C)C[C@@H]2CC[C@@H](OC(=O)CCC(C)=O)[C@H](OC)C2)CC(=O)[C@H](C)/C=C(\C)[C@@H](O)[C@@H](OC)C(=O)[C@H](C)C[C@H](C)/C=C/C=C/C=C/1C. The minimum atomic E-state index is -2.46. The average Bonchev–Trinajstić information content (AvgIpc) is 3.35. The van der Waals surface area contributed by atoms with Crippen LogP contribution in [0.3, 0.4) is 0 Å². The second-order valence-corrected chi connectivity index (χ2v) is 21.3. The molecule has 0 spiro atoms. The summed E-state index contributed by atoms with van der Waals surface area (Å²) in [5.41, 5.74) is 1.23. The first-order chi connectivity index (χ1) is 34.0. The largest absolute Gasteiger partial charge is 0.460 e. The molecule has 2 N–H and O–H groups in total. The summed E-state index contributed by atoms with van der Waals surface area (Å²) in [6, 6.07) is -1.18. The van der Waals surface area contributed by atoms with E-state index in [9.17, 15) is 43.8 Å². The number of methoxy groups -OCH3 is 3. The van der Waals surface area contributed by atoms with Crippen LogP contribution in [0.2, 0.25) is 0 Å². The number of esters is 2. The summed E-state index contributed by atoms with van der Waals surface area (Å²) >= 11 is 0. The molecule has 0 aromatic carbocycles. The highest BCUT2D eigenvalue weighted by molar-refractivity contribution is 6.39. The van der Waals surface area contributed by atoms with E-state index in [1.54, 1.807) is 48.0 Å². The minimum Gasteiger partial charge on any atom is -0.460 e. The zero-order valence-corrected chi connectivity index (χ0v) is 44.8. The van der Waals surface area contributed by atoms with Gasteiger partial charge in [-0.1, -0.05) is 71.1 Å².